The Balaban J connectivity index is 1.70. The van der Waals surface area contributed by atoms with Crippen LogP contribution in [0.15, 0.2) is 48.5 Å². The number of para-hydroxylation sites is 2. The van der Waals surface area contributed by atoms with Gasteiger partial charge >= 0.3 is 0 Å². The minimum absolute atomic E-state index is 0.761. The molecule has 0 radical (unpaired) electrons. The van der Waals surface area contributed by atoms with E-state index in [0.29, 0.717) is 0 Å². The van der Waals surface area contributed by atoms with Gasteiger partial charge < -0.3 is 4.90 Å². The summed E-state index contributed by atoms with van der Waals surface area (Å²) in [5.41, 5.74) is 4.81. The van der Waals surface area contributed by atoms with Gasteiger partial charge in [0.2, 0.25) is 0 Å². The third-order valence-electron chi connectivity index (χ3n) is 3.93. The first kappa shape index (κ1) is 11.5. The van der Waals surface area contributed by atoms with Crippen LogP contribution in [-0.2, 0) is 13.1 Å². The van der Waals surface area contributed by atoms with E-state index in [1.807, 2.05) is 22.9 Å². The first-order valence-corrected chi connectivity index (χ1v) is 7.03. The molecule has 0 N–H and O–H groups in total. The maximum atomic E-state index is 4.29. The van der Waals surface area contributed by atoms with Crippen LogP contribution in [0.2, 0.25) is 0 Å². The van der Waals surface area contributed by atoms with E-state index < -0.39 is 0 Å². The zero-order valence-electron chi connectivity index (χ0n) is 11.2. The van der Waals surface area contributed by atoms with E-state index in [4.69, 9.17) is 0 Å². The van der Waals surface area contributed by atoms with Gasteiger partial charge in [-0.2, -0.15) is 0 Å². The smallest absolute Gasteiger partial charge is 0.114 e. The summed E-state index contributed by atoms with van der Waals surface area (Å²) in [6, 6.07) is 16.8. The van der Waals surface area contributed by atoms with Crippen LogP contribution in [0.3, 0.4) is 0 Å². The Bertz CT molecular complexity index is 747. The molecule has 0 unspecified atom stereocenters. The maximum absolute atomic E-state index is 4.29. The molecular formula is C16H16N4. The van der Waals surface area contributed by atoms with Crippen molar-refractivity contribution in [3.05, 3.63) is 54.1 Å². The van der Waals surface area contributed by atoms with Crippen molar-refractivity contribution in [2.45, 2.75) is 19.5 Å². The molecule has 100 valence electrons. The molecule has 4 rings (SSSR count). The molecule has 4 heteroatoms. The molecule has 0 saturated heterocycles. The molecule has 0 bridgehead atoms. The van der Waals surface area contributed by atoms with Gasteiger partial charge in [-0.1, -0.05) is 35.5 Å². The second-order valence-corrected chi connectivity index (χ2v) is 5.21. The number of aryl methyl sites for hydroxylation is 1. The Kier molecular flexibility index (Phi) is 2.66. The molecule has 3 aromatic rings. The summed E-state index contributed by atoms with van der Waals surface area (Å²) in [5.74, 6) is 0. The van der Waals surface area contributed by atoms with Gasteiger partial charge in [-0.3, -0.25) is 0 Å². The highest BCUT2D eigenvalue weighted by Crippen LogP contribution is 2.27. The average molecular weight is 264 g/mol. The summed E-state index contributed by atoms with van der Waals surface area (Å²) in [6.45, 7) is 1.84. The molecule has 0 aliphatic carbocycles. The van der Waals surface area contributed by atoms with Crippen LogP contribution in [0.5, 0.6) is 0 Å². The van der Waals surface area contributed by atoms with Crippen molar-refractivity contribution in [3.63, 3.8) is 0 Å². The first-order chi connectivity index (χ1) is 9.92. The number of nitrogens with zero attached hydrogens (tertiary/aromatic N) is 4. The third kappa shape index (κ3) is 1.84. The minimum atomic E-state index is 0.761. The molecular weight excluding hydrogens is 248 g/mol. The van der Waals surface area contributed by atoms with Gasteiger partial charge in [-0.05, 0) is 36.6 Å². The van der Waals surface area contributed by atoms with Gasteiger partial charge in [0.1, 0.15) is 12.2 Å². The van der Waals surface area contributed by atoms with Crippen molar-refractivity contribution in [2.24, 2.45) is 0 Å². The molecule has 1 aromatic heterocycles. The van der Waals surface area contributed by atoms with Gasteiger partial charge in [-0.15, -0.1) is 5.10 Å². The molecule has 2 aromatic carbocycles. The van der Waals surface area contributed by atoms with E-state index in [9.17, 15) is 0 Å². The highest BCUT2D eigenvalue weighted by atomic mass is 15.5. The molecule has 0 amide bonds. The number of rotatable bonds is 2. The Morgan fingerprint density at radius 2 is 1.85 bits per heavy atom. The molecule has 20 heavy (non-hydrogen) atoms. The van der Waals surface area contributed by atoms with E-state index >= 15 is 0 Å². The van der Waals surface area contributed by atoms with Gasteiger partial charge in [0, 0.05) is 12.2 Å². The SMILES string of the molecule is c1ccc2c(c1)CCCN2Cn1nnc2ccccc21. The van der Waals surface area contributed by atoms with Crippen molar-refractivity contribution >= 4 is 16.7 Å². The van der Waals surface area contributed by atoms with Crippen LogP contribution in [-0.4, -0.2) is 21.5 Å². The first-order valence-electron chi connectivity index (χ1n) is 7.03. The second kappa shape index (κ2) is 4.63. The summed E-state index contributed by atoms with van der Waals surface area (Å²) in [7, 11) is 0. The molecule has 0 spiro atoms. The molecule has 1 aliphatic rings. The highest BCUT2D eigenvalue weighted by molar-refractivity contribution is 5.74. The average Bonchev–Trinajstić information content (AvgIpc) is 2.91. The summed E-state index contributed by atoms with van der Waals surface area (Å²) >= 11 is 0. The van der Waals surface area contributed by atoms with Crippen LogP contribution >= 0.6 is 0 Å². The van der Waals surface area contributed by atoms with Gasteiger partial charge in [-0.25, -0.2) is 4.68 Å². The zero-order chi connectivity index (χ0) is 13.4. The van der Waals surface area contributed by atoms with Crippen LogP contribution in [0.25, 0.3) is 11.0 Å². The predicted molar refractivity (Wildman–Crippen MR) is 79.6 cm³/mol. The van der Waals surface area contributed by atoms with Gasteiger partial charge in [0.05, 0.1) is 5.52 Å². The lowest BCUT2D eigenvalue weighted by Crippen LogP contribution is -2.31. The Morgan fingerprint density at radius 3 is 2.85 bits per heavy atom. The predicted octanol–water partition coefficient (Wildman–Crippen LogP) is 2.84. The zero-order valence-corrected chi connectivity index (χ0v) is 11.2. The van der Waals surface area contributed by atoms with Crippen LogP contribution in [0, 0.1) is 0 Å². The number of hydrogen-bond donors (Lipinski definition) is 0. The van der Waals surface area contributed by atoms with Crippen LogP contribution in [0.4, 0.5) is 5.69 Å². The number of aromatic nitrogens is 3. The summed E-state index contributed by atoms with van der Waals surface area (Å²) in [6.07, 6.45) is 2.37. The lowest BCUT2D eigenvalue weighted by molar-refractivity contribution is 0.550. The van der Waals surface area contributed by atoms with E-state index in [0.717, 1.165) is 24.2 Å². The number of benzene rings is 2. The molecule has 0 atom stereocenters. The number of hydrogen-bond acceptors (Lipinski definition) is 3. The van der Waals surface area contributed by atoms with E-state index in [1.54, 1.807) is 0 Å². The molecule has 1 aliphatic heterocycles. The maximum Gasteiger partial charge on any atom is 0.114 e. The summed E-state index contributed by atoms with van der Waals surface area (Å²) in [4.78, 5) is 2.39. The standard InChI is InChI=1S/C16H16N4/c1-3-9-15-13(6-1)7-5-11-19(15)12-20-16-10-4-2-8-14(16)17-18-20/h1-4,6,8-10H,5,7,11-12H2. The van der Waals surface area contributed by atoms with Crippen molar-refractivity contribution in [2.75, 3.05) is 11.4 Å². The highest BCUT2D eigenvalue weighted by Gasteiger charge is 2.17. The van der Waals surface area contributed by atoms with E-state index in [2.05, 4.69) is 45.5 Å². The molecule has 4 nitrogen and oxygen atoms in total. The monoisotopic (exact) mass is 264 g/mol. The molecule has 0 saturated carbocycles. The number of anilines is 1. The Morgan fingerprint density at radius 1 is 1.00 bits per heavy atom. The van der Waals surface area contributed by atoms with Crippen LogP contribution in [0.1, 0.15) is 12.0 Å². The van der Waals surface area contributed by atoms with Gasteiger partial charge in [0.15, 0.2) is 0 Å². The fraction of sp³-hybridized carbons (Fsp3) is 0.250. The van der Waals surface area contributed by atoms with E-state index in [1.165, 1.54) is 24.1 Å². The van der Waals surface area contributed by atoms with Crippen molar-refractivity contribution in [3.8, 4) is 0 Å². The summed E-state index contributed by atoms with van der Waals surface area (Å²) < 4.78 is 1.98. The molecule has 0 fully saturated rings. The molecule has 2 heterocycles. The fourth-order valence-corrected chi connectivity index (χ4v) is 2.94. The van der Waals surface area contributed by atoms with Crippen LogP contribution < -0.4 is 4.90 Å². The van der Waals surface area contributed by atoms with Gasteiger partial charge in [0.25, 0.3) is 0 Å². The number of fused-ring (bicyclic) bond motifs is 2. The Hall–Kier alpha value is -2.36. The minimum Gasteiger partial charge on any atom is -0.352 e. The van der Waals surface area contributed by atoms with Crippen molar-refractivity contribution in [1.82, 2.24) is 15.0 Å². The third-order valence-corrected chi connectivity index (χ3v) is 3.93. The van der Waals surface area contributed by atoms with E-state index in [-0.39, 0.29) is 0 Å². The Labute approximate surface area is 117 Å². The fourth-order valence-electron chi connectivity index (χ4n) is 2.94. The van der Waals surface area contributed by atoms with Crippen molar-refractivity contribution in [1.29, 1.82) is 0 Å². The lowest BCUT2D eigenvalue weighted by Gasteiger charge is -2.31. The van der Waals surface area contributed by atoms with Crippen molar-refractivity contribution < 1.29 is 0 Å². The quantitative estimate of drug-likeness (QED) is 0.713. The summed E-state index contributed by atoms with van der Waals surface area (Å²) in [5, 5.41) is 8.51. The lowest BCUT2D eigenvalue weighted by atomic mass is 10.0. The largest absolute Gasteiger partial charge is 0.352 e. The second-order valence-electron chi connectivity index (χ2n) is 5.21. The normalized spacial score (nSPS) is 14.5. The topological polar surface area (TPSA) is 34.0 Å².